The molecule has 94 valence electrons. The van der Waals surface area contributed by atoms with Crippen molar-refractivity contribution < 1.29 is 4.79 Å². The van der Waals surface area contributed by atoms with Gasteiger partial charge in [-0.2, -0.15) is 0 Å². The van der Waals surface area contributed by atoms with Gasteiger partial charge < -0.3 is 4.90 Å². The SMILES string of the molecule is Cc1cncc(C(=O)N(CCCCl)C(C)C)c1. The predicted molar refractivity (Wildman–Crippen MR) is 70.5 cm³/mol. The van der Waals surface area contributed by atoms with Crippen LogP contribution in [0.1, 0.15) is 36.2 Å². The third-order valence-electron chi connectivity index (χ3n) is 2.54. The molecule has 0 N–H and O–H groups in total. The van der Waals surface area contributed by atoms with Gasteiger partial charge in [-0.1, -0.05) is 0 Å². The highest BCUT2D eigenvalue weighted by atomic mass is 35.5. The van der Waals surface area contributed by atoms with Crippen LogP contribution in [0.2, 0.25) is 0 Å². The summed E-state index contributed by atoms with van der Waals surface area (Å²) >= 11 is 5.68. The Hall–Kier alpha value is -1.09. The fourth-order valence-corrected chi connectivity index (χ4v) is 1.78. The van der Waals surface area contributed by atoms with Crippen molar-refractivity contribution in [1.29, 1.82) is 0 Å². The molecule has 0 bridgehead atoms. The third kappa shape index (κ3) is 4.00. The molecular formula is C13H19ClN2O. The smallest absolute Gasteiger partial charge is 0.255 e. The number of nitrogens with zero attached hydrogens (tertiary/aromatic N) is 2. The molecular weight excluding hydrogens is 236 g/mol. The van der Waals surface area contributed by atoms with E-state index in [1.54, 1.807) is 12.4 Å². The van der Waals surface area contributed by atoms with E-state index in [9.17, 15) is 4.79 Å². The third-order valence-corrected chi connectivity index (χ3v) is 2.81. The van der Waals surface area contributed by atoms with Crippen LogP contribution in [-0.4, -0.2) is 34.3 Å². The highest BCUT2D eigenvalue weighted by Gasteiger charge is 2.18. The molecule has 17 heavy (non-hydrogen) atoms. The Kier molecular flexibility index (Phi) is 5.42. The molecule has 1 aromatic heterocycles. The molecule has 1 amide bonds. The fraction of sp³-hybridized carbons (Fsp3) is 0.538. The van der Waals surface area contributed by atoms with Crippen LogP contribution < -0.4 is 0 Å². The van der Waals surface area contributed by atoms with Crippen molar-refractivity contribution in [3.8, 4) is 0 Å². The summed E-state index contributed by atoms with van der Waals surface area (Å²) < 4.78 is 0. The van der Waals surface area contributed by atoms with Crippen LogP contribution in [0.25, 0.3) is 0 Å². The second-order valence-electron chi connectivity index (χ2n) is 4.39. The fourth-order valence-electron chi connectivity index (χ4n) is 1.66. The van der Waals surface area contributed by atoms with E-state index in [0.717, 1.165) is 12.0 Å². The minimum absolute atomic E-state index is 0.0290. The molecule has 1 aromatic rings. The second-order valence-corrected chi connectivity index (χ2v) is 4.76. The van der Waals surface area contributed by atoms with Crippen molar-refractivity contribution in [3.05, 3.63) is 29.6 Å². The van der Waals surface area contributed by atoms with E-state index in [-0.39, 0.29) is 11.9 Å². The molecule has 0 saturated heterocycles. The number of aryl methyl sites for hydroxylation is 1. The number of carbonyl (C=O) groups is 1. The van der Waals surface area contributed by atoms with Gasteiger partial charge in [-0.3, -0.25) is 9.78 Å². The van der Waals surface area contributed by atoms with Crippen LogP contribution >= 0.6 is 11.6 Å². The van der Waals surface area contributed by atoms with Crippen LogP contribution in [0.5, 0.6) is 0 Å². The molecule has 0 aliphatic rings. The average molecular weight is 255 g/mol. The Labute approximate surface area is 108 Å². The van der Waals surface area contributed by atoms with Gasteiger partial charge in [0.1, 0.15) is 0 Å². The zero-order chi connectivity index (χ0) is 12.8. The molecule has 1 heterocycles. The number of hydrogen-bond acceptors (Lipinski definition) is 2. The van der Waals surface area contributed by atoms with Crippen LogP contribution in [0, 0.1) is 6.92 Å². The quantitative estimate of drug-likeness (QED) is 0.757. The Morgan fingerprint density at radius 2 is 2.18 bits per heavy atom. The Balaban J connectivity index is 2.84. The first-order chi connectivity index (χ1) is 8.06. The number of amides is 1. The van der Waals surface area contributed by atoms with Gasteiger partial charge in [-0.25, -0.2) is 0 Å². The van der Waals surface area contributed by atoms with Crippen LogP contribution in [0.15, 0.2) is 18.5 Å². The zero-order valence-corrected chi connectivity index (χ0v) is 11.4. The topological polar surface area (TPSA) is 33.2 Å². The van der Waals surface area contributed by atoms with Crippen LogP contribution in [-0.2, 0) is 0 Å². The number of alkyl halides is 1. The lowest BCUT2D eigenvalue weighted by atomic mass is 10.1. The first kappa shape index (κ1) is 14.0. The molecule has 3 nitrogen and oxygen atoms in total. The monoisotopic (exact) mass is 254 g/mol. The van der Waals surface area contributed by atoms with E-state index in [1.807, 2.05) is 31.7 Å². The molecule has 0 spiro atoms. The molecule has 0 saturated carbocycles. The molecule has 0 unspecified atom stereocenters. The average Bonchev–Trinajstić information content (AvgIpc) is 2.29. The summed E-state index contributed by atoms with van der Waals surface area (Å²) in [5, 5.41) is 0. The van der Waals surface area contributed by atoms with Gasteiger partial charge in [-0.15, -0.1) is 11.6 Å². The van der Waals surface area contributed by atoms with Crippen molar-refractivity contribution in [2.45, 2.75) is 33.2 Å². The minimum Gasteiger partial charge on any atom is -0.336 e. The Morgan fingerprint density at radius 1 is 1.47 bits per heavy atom. The molecule has 4 heteroatoms. The van der Waals surface area contributed by atoms with Gasteiger partial charge >= 0.3 is 0 Å². The second kappa shape index (κ2) is 6.60. The molecule has 0 atom stereocenters. The first-order valence-corrected chi connectivity index (χ1v) is 6.38. The predicted octanol–water partition coefficient (Wildman–Crippen LogP) is 2.87. The maximum atomic E-state index is 12.3. The number of pyridine rings is 1. The summed E-state index contributed by atoms with van der Waals surface area (Å²) in [6, 6.07) is 2.04. The van der Waals surface area contributed by atoms with Gasteiger partial charge in [0.25, 0.3) is 5.91 Å². The van der Waals surface area contributed by atoms with Crippen LogP contribution in [0.3, 0.4) is 0 Å². The molecule has 0 aliphatic heterocycles. The van der Waals surface area contributed by atoms with E-state index >= 15 is 0 Å². The molecule has 0 fully saturated rings. The first-order valence-electron chi connectivity index (χ1n) is 5.85. The Morgan fingerprint density at radius 3 is 2.71 bits per heavy atom. The van der Waals surface area contributed by atoms with E-state index in [4.69, 9.17) is 11.6 Å². The summed E-state index contributed by atoms with van der Waals surface area (Å²) in [5.41, 5.74) is 1.64. The maximum absolute atomic E-state index is 12.3. The highest BCUT2D eigenvalue weighted by Crippen LogP contribution is 2.10. The van der Waals surface area contributed by atoms with Crippen molar-refractivity contribution in [1.82, 2.24) is 9.88 Å². The van der Waals surface area contributed by atoms with Gasteiger partial charge in [-0.05, 0) is 38.8 Å². The molecule has 0 aliphatic carbocycles. The molecule has 0 radical (unpaired) electrons. The summed E-state index contributed by atoms with van der Waals surface area (Å²) in [6.45, 7) is 6.64. The number of halogens is 1. The number of hydrogen-bond donors (Lipinski definition) is 0. The zero-order valence-electron chi connectivity index (χ0n) is 10.6. The van der Waals surface area contributed by atoms with Gasteiger partial charge in [0.2, 0.25) is 0 Å². The van der Waals surface area contributed by atoms with E-state index in [2.05, 4.69) is 4.98 Å². The summed E-state index contributed by atoms with van der Waals surface area (Å²) in [4.78, 5) is 18.2. The van der Waals surface area contributed by atoms with Gasteiger partial charge in [0.05, 0.1) is 5.56 Å². The Bertz CT molecular complexity index is 379. The van der Waals surface area contributed by atoms with Gasteiger partial charge in [0, 0.05) is 30.9 Å². The normalized spacial score (nSPS) is 10.6. The van der Waals surface area contributed by atoms with Crippen LogP contribution in [0.4, 0.5) is 0 Å². The molecule has 1 rings (SSSR count). The lowest BCUT2D eigenvalue weighted by molar-refractivity contribution is 0.0706. The molecule has 0 aromatic carbocycles. The number of aromatic nitrogens is 1. The summed E-state index contributed by atoms with van der Waals surface area (Å²) in [7, 11) is 0. The van der Waals surface area contributed by atoms with E-state index in [1.165, 1.54) is 0 Å². The van der Waals surface area contributed by atoms with E-state index < -0.39 is 0 Å². The highest BCUT2D eigenvalue weighted by molar-refractivity contribution is 6.17. The van der Waals surface area contributed by atoms with Gasteiger partial charge in [0.15, 0.2) is 0 Å². The summed E-state index contributed by atoms with van der Waals surface area (Å²) in [5.74, 6) is 0.601. The lowest BCUT2D eigenvalue weighted by Crippen LogP contribution is -2.38. The largest absolute Gasteiger partial charge is 0.336 e. The van der Waals surface area contributed by atoms with Crippen molar-refractivity contribution in [2.24, 2.45) is 0 Å². The number of rotatable bonds is 5. The minimum atomic E-state index is 0.0290. The van der Waals surface area contributed by atoms with Crippen molar-refractivity contribution in [2.75, 3.05) is 12.4 Å². The maximum Gasteiger partial charge on any atom is 0.255 e. The summed E-state index contributed by atoms with van der Waals surface area (Å²) in [6.07, 6.45) is 4.17. The number of carbonyl (C=O) groups excluding carboxylic acids is 1. The lowest BCUT2D eigenvalue weighted by Gasteiger charge is -2.26. The van der Waals surface area contributed by atoms with Crippen molar-refractivity contribution in [3.63, 3.8) is 0 Å². The standard InChI is InChI=1S/C13H19ClN2O/c1-10(2)16(6-4-5-14)13(17)12-7-11(3)8-15-9-12/h7-10H,4-6H2,1-3H3. The van der Waals surface area contributed by atoms with Crippen molar-refractivity contribution >= 4 is 17.5 Å². The van der Waals surface area contributed by atoms with E-state index in [0.29, 0.717) is 18.0 Å².